The Morgan fingerprint density at radius 1 is 1.15 bits per heavy atom. The number of hydrogen-bond acceptors (Lipinski definition) is 4. The summed E-state index contributed by atoms with van der Waals surface area (Å²) in [5.41, 5.74) is 1.30. The fourth-order valence-corrected chi connectivity index (χ4v) is 3.14. The Bertz CT molecular complexity index is 828. The Kier molecular flexibility index (Phi) is 5.81. The summed E-state index contributed by atoms with van der Waals surface area (Å²) in [6, 6.07) is 12.2. The van der Waals surface area contributed by atoms with Crippen molar-refractivity contribution in [1.82, 2.24) is 4.90 Å². The van der Waals surface area contributed by atoms with E-state index < -0.39 is 42.2 Å². The van der Waals surface area contributed by atoms with E-state index in [1.165, 1.54) is 6.07 Å². The SMILES string of the molecule is O=C1OC[C@@H](Cc2ccccc2)N1C(=O)[C@H](CO)Cc1ccc(F)c(F)c1. The highest BCUT2D eigenvalue weighted by Crippen LogP contribution is 2.22. The van der Waals surface area contributed by atoms with Gasteiger partial charge in [0.15, 0.2) is 11.6 Å². The zero-order chi connectivity index (χ0) is 19.4. The summed E-state index contributed by atoms with van der Waals surface area (Å²) < 4.78 is 31.5. The highest BCUT2D eigenvalue weighted by atomic mass is 19.2. The molecule has 1 aliphatic heterocycles. The van der Waals surface area contributed by atoms with E-state index in [1.807, 2.05) is 30.3 Å². The van der Waals surface area contributed by atoms with Crippen LogP contribution in [0.1, 0.15) is 11.1 Å². The van der Waals surface area contributed by atoms with Gasteiger partial charge in [0.25, 0.3) is 0 Å². The van der Waals surface area contributed by atoms with Crippen LogP contribution in [0.5, 0.6) is 0 Å². The van der Waals surface area contributed by atoms with Crippen LogP contribution in [-0.4, -0.2) is 41.3 Å². The van der Waals surface area contributed by atoms with Crippen molar-refractivity contribution in [3.8, 4) is 0 Å². The minimum Gasteiger partial charge on any atom is -0.447 e. The van der Waals surface area contributed by atoms with Gasteiger partial charge < -0.3 is 9.84 Å². The molecule has 1 heterocycles. The second-order valence-corrected chi connectivity index (χ2v) is 6.46. The third-order valence-corrected chi connectivity index (χ3v) is 4.55. The number of benzene rings is 2. The van der Waals surface area contributed by atoms with Gasteiger partial charge in [0, 0.05) is 0 Å². The van der Waals surface area contributed by atoms with Crippen LogP contribution in [-0.2, 0) is 22.4 Å². The van der Waals surface area contributed by atoms with Gasteiger partial charge in [0.1, 0.15) is 6.61 Å². The van der Waals surface area contributed by atoms with Crippen LogP contribution < -0.4 is 0 Å². The average molecular weight is 375 g/mol. The van der Waals surface area contributed by atoms with Gasteiger partial charge in [-0.3, -0.25) is 4.79 Å². The number of ether oxygens (including phenoxy) is 1. The molecule has 142 valence electrons. The zero-order valence-electron chi connectivity index (χ0n) is 14.5. The number of nitrogens with zero attached hydrogens (tertiary/aromatic N) is 1. The number of cyclic esters (lactones) is 1. The summed E-state index contributed by atoms with van der Waals surface area (Å²) in [7, 11) is 0. The molecule has 0 spiro atoms. The number of imide groups is 1. The molecule has 7 heteroatoms. The van der Waals surface area contributed by atoms with Gasteiger partial charge in [0.05, 0.1) is 18.6 Å². The Hall–Kier alpha value is -2.80. The molecule has 3 rings (SSSR count). The van der Waals surface area contributed by atoms with Crippen LogP contribution >= 0.6 is 0 Å². The standard InChI is InChI=1S/C20H19F2NO4/c21-17-7-6-14(10-18(17)22)8-15(11-24)19(25)23-16(12-27-20(23)26)9-13-4-2-1-3-5-13/h1-7,10,15-16,24H,8-9,11-12H2/t15-,16+/m0/s1. The molecular weight excluding hydrogens is 356 g/mol. The van der Waals surface area contributed by atoms with Crippen molar-refractivity contribution in [3.63, 3.8) is 0 Å². The summed E-state index contributed by atoms with van der Waals surface area (Å²) in [5.74, 6) is -3.57. The lowest BCUT2D eigenvalue weighted by Gasteiger charge is -2.24. The molecule has 2 amide bonds. The lowest BCUT2D eigenvalue weighted by atomic mass is 9.97. The van der Waals surface area contributed by atoms with E-state index in [-0.39, 0.29) is 13.0 Å². The van der Waals surface area contributed by atoms with Crippen molar-refractivity contribution in [3.05, 3.63) is 71.3 Å². The second-order valence-electron chi connectivity index (χ2n) is 6.46. The van der Waals surface area contributed by atoms with E-state index in [0.29, 0.717) is 12.0 Å². The first-order valence-corrected chi connectivity index (χ1v) is 8.58. The number of amides is 2. The Balaban J connectivity index is 1.75. The van der Waals surface area contributed by atoms with Crippen LogP contribution in [0.3, 0.4) is 0 Å². The van der Waals surface area contributed by atoms with Gasteiger partial charge in [-0.05, 0) is 36.1 Å². The Morgan fingerprint density at radius 2 is 1.89 bits per heavy atom. The summed E-state index contributed by atoms with van der Waals surface area (Å²) in [6.07, 6.45) is -0.347. The first-order chi connectivity index (χ1) is 13.0. The van der Waals surface area contributed by atoms with Crippen LogP contribution in [0.25, 0.3) is 0 Å². The number of aliphatic hydroxyl groups excluding tert-OH is 1. The third kappa shape index (κ3) is 4.31. The lowest BCUT2D eigenvalue weighted by molar-refractivity contribution is -0.134. The normalized spacial score (nSPS) is 17.7. The molecule has 0 unspecified atom stereocenters. The number of halogens is 2. The molecule has 2 aromatic rings. The topological polar surface area (TPSA) is 66.8 Å². The Labute approximate surface area is 155 Å². The van der Waals surface area contributed by atoms with Gasteiger partial charge in [0.2, 0.25) is 5.91 Å². The highest BCUT2D eigenvalue weighted by Gasteiger charge is 2.40. The van der Waals surface area contributed by atoms with Gasteiger partial charge >= 0.3 is 6.09 Å². The maximum absolute atomic E-state index is 13.4. The summed E-state index contributed by atoms with van der Waals surface area (Å²) in [5, 5.41) is 9.64. The van der Waals surface area contributed by atoms with E-state index in [2.05, 4.69) is 0 Å². The van der Waals surface area contributed by atoms with E-state index in [1.54, 1.807) is 0 Å². The second kappa shape index (κ2) is 8.26. The van der Waals surface area contributed by atoms with Crippen molar-refractivity contribution < 1.29 is 28.2 Å². The minimum atomic E-state index is -1.03. The number of aliphatic hydroxyl groups is 1. The van der Waals surface area contributed by atoms with Gasteiger partial charge in [-0.25, -0.2) is 18.5 Å². The lowest BCUT2D eigenvalue weighted by Crippen LogP contribution is -2.45. The van der Waals surface area contributed by atoms with E-state index in [4.69, 9.17) is 4.74 Å². The first kappa shape index (κ1) is 19.0. The maximum atomic E-state index is 13.4. The molecule has 0 aromatic heterocycles. The van der Waals surface area contributed by atoms with Crippen molar-refractivity contribution in [2.75, 3.05) is 13.2 Å². The molecule has 0 saturated carbocycles. The van der Waals surface area contributed by atoms with Crippen LogP contribution in [0.15, 0.2) is 48.5 Å². The number of rotatable bonds is 6. The van der Waals surface area contributed by atoms with E-state index in [9.17, 15) is 23.5 Å². The molecule has 1 fully saturated rings. The number of hydrogen-bond donors (Lipinski definition) is 1. The van der Waals surface area contributed by atoms with Crippen molar-refractivity contribution in [2.45, 2.75) is 18.9 Å². The smallest absolute Gasteiger partial charge is 0.416 e. The minimum absolute atomic E-state index is 0.0195. The van der Waals surface area contributed by atoms with Gasteiger partial charge in [-0.2, -0.15) is 0 Å². The highest BCUT2D eigenvalue weighted by molar-refractivity contribution is 5.95. The molecule has 0 radical (unpaired) electrons. The van der Waals surface area contributed by atoms with E-state index >= 15 is 0 Å². The maximum Gasteiger partial charge on any atom is 0.416 e. The summed E-state index contributed by atoms with van der Waals surface area (Å²) in [6.45, 7) is -0.456. The average Bonchev–Trinajstić information content (AvgIpc) is 3.03. The first-order valence-electron chi connectivity index (χ1n) is 8.58. The number of carbonyl (C=O) groups excluding carboxylic acids is 2. The fourth-order valence-electron chi connectivity index (χ4n) is 3.14. The van der Waals surface area contributed by atoms with Gasteiger partial charge in [-0.15, -0.1) is 0 Å². The largest absolute Gasteiger partial charge is 0.447 e. The molecule has 1 N–H and O–H groups in total. The van der Waals surface area contributed by atoms with Gasteiger partial charge in [-0.1, -0.05) is 36.4 Å². The molecule has 27 heavy (non-hydrogen) atoms. The summed E-state index contributed by atoms with van der Waals surface area (Å²) >= 11 is 0. The molecule has 0 bridgehead atoms. The third-order valence-electron chi connectivity index (χ3n) is 4.55. The number of carbonyl (C=O) groups is 2. The monoisotopic (exact) mass is 375 g/mol. The quantitative estimate of drug-likeness (QED) is 0.843. The molecule has 2 atom stereocenters. The molecular formula is C20H19F2NO4. The fraction of sp³-hybridized carbons (Fsp3) is 0.300. The van der Waals surface area contributed by atoms with Crippen molar-refractivity contribution in [1.29, 1.82) is 0 Å². The predicted octanol–water partition coefficient (Wildman–Crippen LogP) is 2.71. The molecule has 1 aliphatic rings. The zero-order valence-corrected chi connectivity index (χ0v) is 14.5. The van der Waals surface area contributed by atoms with Crippen LogP contribution in [0.4, 0.5) is 13.6 Å². The van der Waals surface area contributed by atoms with Crippen molar-refractivity contribution in [2.24, 2.45) is 5.92 Å². The molecule has 0 aliphatic carbocycles. The van der Waals surface area contributed by atoms with Crippen LogP contribution in [0, 0.1) is 17.6 Å². The van der Waals surface area contributed by atoms with E-state index in [0.717, 1.165) is 22.6 Å². The molecule has 1 saturated heterocycles. The van der Waals surface area contributed by atoms with Crippen molar-refractivity contribution >= 4 is 12.0 Å². The summed E-state index contributed by atoms with van der Waals surface area (Å²) in [4.78, 5) is 25.9. The molecule has 2 aromatic carbocycles. The predicted molar refractivity (Wildman–Crippen MR) is 92.8 cm³/mol. The Morgan fingerprint density at radius 3 is 2.56 bits per heavy atom. The van der Waals surface area contributed by atoms with Crippen LogP contribution in [0.2, 0.25) is 0 Å². The molecule has 5 nitrogen and oxygen atoms in total.